The van der Waals surface area contributed by atoms with Gasteiger partial charge >= 0.3 is 0 Å². The molecule has 2 saturated heterocycles. The van der Waals surface area contributed by atoms with Crippen molar-refractivity contribution < 1.29 is 4.39 Å². The largest absolute Gasteiger partial charge is 0.367 e. The summed E-state index contributed by atoms with van der Waals surface area (Å²) in [5.74, 6) is 0.301. The Bertz CT molecular complexity index is 1610. The molecule has 2 aliphatic rings. The molecule has 0 radical (unpaired) electrons. The Balaban J connectivity index is 1.26. The third-order valence-electron chi connectivity index (χ3n) is 7.80. The quantitative estimate of drug-likeness (QED) is 0.368. The zero-order valence-electron chi connectivity index (χ0n) is 21.4. The van der Waals surface area contributed by atoms with Crippen molar-refractivity contribution >= 4 is 27.8 Å². The maximum Gasteiger partial charge on any atom is 0.180 e. The highest BCUT2D eigenvalue weighted by Gasteiger charge is 2.21. The number of anilines is 1. The van der Waals surface area contributed by atoms with Gasteiger partial charge in [0.05, 0.1) is 11.2 Å². The lowest BCUT2D eigenvalue weighted by Gasteiger charge is -2.34. The van der Waals surface area contributed by atoms with E-state index in [1.54, 1.807) is 12.4 Å². The maximum absolute atomic E-state index is 15.3. The fourth-order valence-corrected chi connectivity index (χ4v) is 5.68. The molecule has 4 aromatic heterocycles. The van der Waals surface area contributed by atoms with Gasteiger partial charge in [-0.05, 0) is 56.7 Å². The number of benzene rings is 1. The molecule has 0 atom stereocenters. The van der Waals surface area contributed by atoms with Crippen molar-refractivity contribution in [3.05, 3.63) is 54.2 Å². The van der Waals surface area contributed by atoms with Gasteiger partial charge < -0.3 is 14.8 Å². The van der Waals surface area contributed by atoms with E-state index in [4.69, 9.17) is 4.98 Å². The monoisotopic (exact) mass is 511 g/mol. The molecule has 0 aliphatic carbocycles. The lowest BCUT2D eigenvalue weighted by atomic mass is 10.0. The normalized spacial score (nSPS) is 17.3. The second kappa shape index (κ2) is 9.45. The SMILES string of the molecule is CN1CCN(c2ccnc3nc(-c4n[nH]c5cc(F)c(-c6cncc(CN7CCCC7)c6)cc45)[nH]c23)CC1. The average Bonchev–Trinajstić information content (AvgIpc) is 3.68. The molecule has 9 nitrogen and oxygen atoms in total. The second-order valence-corrected chi connectivity index (χ2v) is 10.4. The smallest absolute Gasteiger partial charge is 0.180 e. The lowest BCUT2D eigenvalue weighted by Crippen LogP contribution is -2.44. The molecule has 6 heterocycles. The average molecular weight is 512 g/mol. The summed E-state index contributed by atoms with van der Waals surface area (Å²) in [6.45, 7) is 6.96. The van der Waals surface area contributed by atoms with Crippen molar-refractivity contribution in [1.82, 2.24) is 39.9 Å². The van der Waals surface area contributed by atoms with E-state index in [0.29, 0.717) is 28.2 Å². The fraction of sp³-hybridized carbons (Fsp3) is 0.357. The minimum atomic E-state index is -0.309. The number of rotatable bonds is 5. The number of fused-ring (bicyclic) bond motifs is 2. The van der Waals surface area contributed by atoms with Gasteiger partial charge in [0, 0.05) is 73.9 Å². The van der Waals surface area contributed by atoms with E-state index in [1.165, 1.54) is 18.9 Å². The summed E-state index contributed by atoms with van der Waals surface area (Å²) < 4.78 is 15.3. The molecule has 0 saturated carbocycles. The number of aromatic amines is 2. The standard InChI is InChI=1S/C28H30FN9/c1-36-8-10-38(11-9-36)24-4-5-31-27-26(24)32-28(33-27)25-21-13-20(22(29)14-23(21)34-35-25)19-12-18(15-30-16-19)17-37-6-2-3-7-37/h4-5,12-16H,2-3,6-11,17H2,1H3,(H,34,35)(H,31,32,33). The van der Waals surface area contributed by atoms with E-state index in [0.717, 1.165) is 73.5 Å². The molecule has 2 fully saturated rings. The van der Waals surface area contributed by atoms with Crippen molar-refractivity contribution in [1.29, 1.82) is 0 Å². The summed E-state index contributed by atoms with van der Waals surface area (Å²) in [4.78, 5) is 24.3. The first-order valence-electron chi connectivity index (χ1n) is 13.3. The third-order valence-corrected chi connectivity index (χ3v) is 7.80. The van der Waals surface area contributed by atoms with E-state index in [2.05, 4.69) is 46.9 Å². The number of aromatic nitrogens is 6. The third kappa shape index (κ3) is 4.19. The summed E-state index contributed by atoms with van der Waals surface area (Å²) in [6, 6.07) is 7.43. The number of piperazine rings is 1. The fourth-order valence-electron chi connectivity index (χ4n) is 5.68. The van der Waals surface area contributed by atoms with Crippen LogP contribution in [0.15, 0.2) is 42.9 Å². The molecule has 0 amide bonds. The molecule has 2 N–H and O–H groups in total. The molecule has 0 unspecified atom stereocenters. The number of likely N-dealkylation sites (tertiary alicyclic amines) is 1. The number of hydrogen-bond donors (Lipinski definition) is 2. The number of H-pyrrole nitrogens is 2. The molecule has 194 valence electrons. The molecule has 10 heteroatoms. The van der Waals surface area contributed by atoms with Crippen LogP contribution in [0.1, 0.15) is 18.4 Å². The highest BCUT2D eigenvalue weighted by molar-refractivity contribution is 5.97. The van der Waals surface area contributed by atoms with E-state index >= 15 is 4.39 Å². The minimum Gasteiger partial charge on any atom is -0.367 e. The number of nitrogens with zero attached hydrogens (tertiary/aromatic N) is 7. The number of pyridine rings is 2. The highest BCUT2D eigenvalue weighted by atomic mass is 19.1. The molecule has 2 aliphatic heterocycles. The summed E-state index contributed by atoms with van der Waals surface area (Å²) >= 11 is 0. The van der Waals surface area contributed by atoms with E-state index in [1.807, 2.05) is 24.4 Å². The van der Waals surface area contributed by atoms with Gasteiger partial charge in [-0.2, -0.15) is 5.10 Å². The van der Waals surface area contributed by atoms with Crippen LogP contribution in [0, 0.1) is 5.82 Å². The van der Waals surface area contributed by atoms with Gasteiger partial charge in [-0.25, -0.2) is 14.4 Å². The van der Waals surface area contributed by atoms with Crippen molar-refractivity contribution in [3.63, 3.8) is 0 Å². The lowest BCUT2D eigenvalue weighted by molar-refractivity contribution is 0.313. The van der Waals surface area contributed by atoms with Crippen molar-refractivity contribution in [2.45, 2.75) is 19.4 Å². The Morgan fingerprint density at radius 2 is 1.84 bits per heavy atom. The highest BCUT2D eigenvalue weighted by Crippen LogP contribution is 2.34. The predicted molar refractivity (Wildman–Crippen MR) is 146 cm³/mol. The van der Waals surface area contributed by atoms with Crippen LogP contribution in [0.25, 0.3) is 44.7 Å². The zero-order valence-corrected chi connectivity index (χ0v) is 21.4. The van der Waals surface area contributed by atoms with Gasteiger partial charge in [-0.1, -0.05) is 0 Å². The summed E-state index contributed by atoms with van der Waals surface area (Å²) in [5.41, 5.74) is 6.25. The van der Waals surface area contributed by atoms with E-state index in [-0.39, 0.29) is 5.82 Å². The first-order valence-corrected chi connectivity index (χ1v) is 13.3. The molecule has 38 heavy (non-hydrogen) atoms. The van der Waals surface area contributed by atoms with Crippen LogP contribution >= 0.6 is 0 Å². The van der Waals surface area contributed by atoms with Crippen LogP contribution in [0.4, 0.5) is 10.1 Å². The molecule has 0 spiro atoms. The Hall–Kier alpha value is -3.89. The summed E-state index contributed by atoms with van der Waals surface area (Å²) in [6.07, 6.45) is 7.87. The minimum absolute atomic E-state index is 0.309. The molecule has 5 aromatic rings. The Labute approximate surface area is 219 Å². The van der Waals surface area contributed by atoms with Crippen LogP contribution < -0.4 is 4.90 Å². The van der Waals surface area contributed by atoms with Crippen LogP contribution in [-0.4, -0.2) is 86.2 Å². The van der Waals surface area contributed by atoms with Crippen molar-refractivity contribution in [2.24, 2.45) is 0 Å². The first kappa shape index (κ1) is 23.2. The summed E-state index contributed by atoms with van der Waals surface area (Å²) in [7, 11) is 2.15. The second-order valence-electron chi connectivity index (χ2n) is 10.4. The van der Waals surface area contributed by atoms with E-state index < -0.39 is 0 Å². The Morgan fingerprint density at radius 3 is 2.68 bits per heavy atom. The van der Waals surface area contributed by atoms with E-state index in [9.17, 15) is 0 Å². The number of likely N-dealkylation sites (N-methyl/N-ethyl adjacent to an activating group) is 1. The first-order chi connectivity index (χ1) is 18.6. The van der Waals surface area contributed by atoms with Gasteiger partial charge in [0.25, 0.3) is 0 Å². The van der Waals surface area contributed by atoms with Gasteiger partial charge in [-0.3, -0.25) is 15.0 Å². The van der Waals surface area contributed by atoms with Gasteiger partial charge in [0.2, 0.25) is 0 Å². The van der Waals surface area contributed by atoms with Gasteiger partial charge in [0.1, 0.15) is 17.0 Å². The summed E-state index contributed by atoms with van der Waals surface area (Å²) in [5, 5.41) is 8.30. The predicted octanol–water partition coefficient (Wildman–Crippen LogP) is 4.05. The number of halogens is 1. The van der Waals surface area contributed by atoms with Crippen molar-refractivity contribution in [3.8, 4) is 22.6 Å². The molecule has 1 aromatic carbocycles. The maximum atomic E-state index is 15.3. The van der Waals surface area contributed by atoms with Gasteiger partial charge in [-0.15, -0.1) is 0 Å². The number of hydrogen-bond acceptors (Lipinski definition) is 7. The van der Waals surface area contributed by atoms with Crippen molar-refractivity contribution in [2.75, 3.05) is 51.2 Å². The molecule has 0 bridgehead atoms. The van der Waals surface area contributed by atoms with Crippen LogP contribution in [0.5, 0.6) is 0 Å². The zero-order chi connectivity index (χ0) is 25.6. The Kier molecular flexibility index (Phi) is 5.78. The van der Waals surface area contributed by atoms with Crippen LogP contribution in [-0.2, 0) is 6.54 Å². The number of imidazole rings is 1. The number of nitrogens with one attached hydrogen (secondary N) is 2. The molecular formula is C28H30FN9. The molecular weight excluding hydrogens is 481 g/mol. The van der Waals surface area contributed by atoms with Crippen LogP contribution in [0.3, 0.4) is 0 Å². The van der Waals surface area contributed by atoms with Crippen LogP contribution in [0.2, 0.25) is 0 Å². The van der Waals surface area contributed by atoms with Gasteiger partial charge in [0.15, 0.2) is 11.5 Å². The Morgan fingerprint density at radius 1 is 1.00 bits per heavy atom. The topological polar surface area (TPSA) is 92.9 Å². The molecule has 7 rings (SSSR count).